The fraction of sp³-hybridized carbons (Fsp3) is 0.440. The van der Waals surface area contributed by atoms with Gasteiger partial charge in [0, 0.05) is 16.3 Å². The number of halogens is 1. The fourth-order valence-corrected chi connectivity index (χ4v) is 4.88. The highest BCUT2D eigenvalue weighted by molar-refractivity contribution is 6.33. The van der Waals surface area contributed by atoms with Crippen molar-refractivity contribution in [1.82, 2.24) is 4.98 Å². The molecule has 0 spiro atoms. The Morgan fingerprint density at radius 1 is 0.857 bits per heavy atom. The predicted octanol–water partition coefficient (Wildman–Crippen LogP) is 7.46. The largest absolute Gasteiger partial charge is 0.294 e. The maximum Gasteiger partial charge on any atom is 0.160 e. The number of rotatable bonds is 1. The van der Waals surface area contributed by atoms with Gasteiger partial charge in [-0.2, -0.15) is 0 Å². The number of carbonyl (C=O) groups excluding carboxylic acids is 1. The Morgan fingerprint density at radius 2 is 1.46 bits per heavy atom. The molecule has 4 rings (SSSR count). The zero-order valence-electron chi connectivity index (χ0n) is 16.7. The molecular formula is C25H28ClNO. The Labute approximate surface area is 172 Å². The van der Waals surface area contributed by atoms with Gasteiger partial charge in [-0.15, -0.1) is 0 Å². The highest BCUT2D eigenvalue weighted by atomic mass is 35.5. The average Bonchev–Trinajstić information content (AvgIpc) is 2.71. The van der Waals surface area contributed by atoms with E-state index >= 15 is 0 Å². The van der Waals surface area contributed by atoms with E-state index in [4.69, 9.17) is 16.6 Å². The van der Waals surface area contributed by atoms with Gasteiger partial charge in [-0.25, -0.2) is 0 Å². The standard InChI is InChI=1S/C25H28ClNO/c1-17(28)21-16-22-19-13-8-6-4-2-3-5-7-9-15-23(24(19)26)27-25(22)20-14-11-10-12-18(20)21/h10-12,14,16H,2-9,13,15H2,1H3. The van der Waals surface area contributed by atoms with E-state index < -0.39 is 0 Å². The highest BCUT2D eigenvalue weighted by Gasteiger charge is 2.18. The van der Waals surface area contributed by atoms with Crippen molar-refractivity contribution < 1.29 is 4.79 Å². The number of hydrogen-bond acceptors (Lipinski definition) is 2. The van der Waals surface area contributed by atoms with Crippen molar-refractivity contribution in [3.63, 3.8) is 0 Å². The summed E-state index contributed by atoms with van der Waals surface area (Å²) in [4.78, 5) is 17.4. The first-order valence-electron chi connectivity index (χ1n) is 10.7. The first-order chi connectivity index (χ1) is 13.7. The summed E-state index contributed by atoms with van der Waals surface area (Å²) in [6.45, 7) is 1.65. The fourth-order valence-electron chi connectivity index (χ4n) is 4.54. The van der Waals surface area contributed by atoms with Gasteiger partial charge < -0.3 is 0 Å². The first kappa shape index (κ1) is 19.4. The maximum atomic E-state index is 12.4. The van der Waals surface area contributed by atoms with Crippen LogP contribution in [0.25, 0.3) is 21.7 Å². The van der Waals surface area contributed by atoms with Crippen LogP contribution in [-0.4, -0.2) is 10.8 Å². The Balaban J connectivity index is 1.96. The average molecular weight is 394 g/mol. The Kier molecular flexibility index (Phi) is 5.96. The molecule has 2 aromatic carbocycles. The number of nitrogens with zero attached hydrogens (tertiary/aromatic N) is 1. The van der Waals surface area contributed by atoms with Crippen LogP contribution in [0.15, 0.2) is 30.3 Å². The molecule has 0 unspecified atom stereocenters. The number of benzene rings is 2. The van der Waals surface area contributed by atoms with E-state index in [1.807, 2.05) is 24.3 Å². The Bertz CT molecular complexity index is 1020. The molecule has 2 bridgehead atoms. The first-order valence-corrected chi connectivity index (χ1v) is 11.1. The monoisotopic (exact) mass is 393 g/mol. The van der Waals surface area contributed by atoms with Gasteiger partial charge in [0.15, 0.2) is 5.78 Å². The molecule has 2 nitrogen and oxygen atoms in total. The molecule has 0 radical (unpaired) electrons. The van der Waals surface area contributed by atoms with Crippen molar-refractivity contribution in [2.24, 2.45) is 0 Å². The van der Waals surface area contributed by atoms with Crippen molar-refractivity contribution in [3.8, 4) is 0 Å². The van der Waals surface area contributed by atoms with Gasteiger partial charge in [-0.1, -0.05) is 74.4 Å². The lowest BCUT2D eigenvalue weighted by Gasteiger charge is -2.16. The van der Waals surface area contributed by atoms with Crippen LogP contribution in [0.4, 0.5) is 0 Å². The summed E-state index contributed by atoms with van der Waals surface area (Å²) in [5.41, 5.74) is 4.00. The lowest BCUT2D eigenvalue weighted by Crippen LogP contribution is -2.03. The second-order valence-electron chi connectivity index (χ2n) is 8.10. The number of ketones is 1. The third kappa shape index (κ3) is 3.80. The normalized spacial score (nSPS) is 16.4. The summed E-state index contributed by atoms with van der Waals surface area (Å²) in [6, 6.07) is 10.2. The molecule has 1 aromatic heterocycles. The topological polar surface area (TPSA) is 30.0 Å². The van der Waals surface area contributed by atoms with E-state index in [0.29, 0.717) is 0 Å². The van der Waals surface area contributed by atoms with Crippen LogP contribution >= 0.6 is 11.6 Å². The molecule has 0 N–H and O–H groups in total. The lowest BCUT2D eigenvalue weighted by molar-refractivity contribution is 0.101. The summed E-state index contributed by atoms with van der Waals surface area (Å²) in [5, 5.41) is 3.95. The molecule has 0 fully saturated rings. The van der Waals surface area contributed by atoms with Gasteiger partial charge >= 0.3 is 0 Å². The molecule has 0 saturated heterocycles. The van der Waals surface area contributed by atoms with E-state index in [0.717, 1.165) is 63.6 Å². The molecule has 146 valence electrons. The number of hydrogen-bond donors (Lipinski definition) is 0. The SMILES string of the molecule is CC(=O)c1cc2c3c(Cl)c(nc2c2ccccc12)CCCCCCCCCC3. The number of Topliss-reactive ketones (excluding diaryl/α,β-unsaturated/α-hetero) is 1. The molecule has 3 heteroatoms. The second kappa shape index (κ2) is 8.61. The van der Waals surface area contributed by atoms with Crippen LogP contribution in [0.3, 0.4) is 0 Å². The minimum atomic E-state index is 0.0927. The van der Waals surface area contributed by atoms with Gasteiger partial charge in [0.25, 0.3) is 0 Å². The number of aromatic nitrogens is 1. The van der Waals surface area contributed by atoms with Crippen molar-refractivity contribution in [2.45, 2.75) is 71.1 Å². The van der Waals surface area contributed by atoms with Crippen molar-refractivity contribution in [2.75, 3.05) is 0 Å². The predicted molar refractivity (Wildman–Crippen MR) is 119 cm³/mol. The van der Waals surface area contributed by atoms with Crippen molar-refractivity contribution in [3.05, 3.63) is 52.2 Å². The summed E-state index contributed by atoms with van der Waals surface area (Å²) < 4.78 is 0. The van der Waals surface area contributed by atoms with Crippen LogP contribution in [-0.2, 0) is 12.8 Å². The molecular weight excluding hydrogens is 366 g/mol. The number of aryl methyl sites for hydroxylation is 2. The molecule has 1 aliphatic rings. The van der Waals surface area contributed by atoms with Crippen LogP contribution in [0.5, 0.6) is 0 Å². The minimum Gasteiger partial charge on any atom is -0.294 e. The van der Waals surface area contributed by atoms with E-state index in [-0.39, 0.29) is 5.78 Å². The smallest absolute Gasteiger partial charge is 0.160 e. The molecule has 0 saturated carbocycles. The maximum absolute atomic E-state index is 12.4. The highest BCUT2D eigenvalue weighted by Crippen LogP contribution is 2.36. The molecule has 0 atom stereocenters. The van der Waals surface area contributed by atoms with Gasteiger partial charge in [-0.05, 0) is 49.6 Å². The van der Waals surface area contributed by atoms with Gasteiger partial charge in [0.2, 0.25) is 0 Å². The van der Waals surface area contributed by atoms with Crippen LogP contribution < -0.4 is 0 Å². The summed E-state index contributed by atoms with van der Waals surface area (Å²) in [7, 11) is 0. The molecule has 3 aromatic rings. The molecule has 28 heavy (non-hydrogen) atoms. The van der Waals surface area contributed by atoms with Gasteiger partial charge in [-0.3, -0.25) is 9.78 Å². The van der Waals surface area contributed by atoms with Crippen LogP contribution in [0.1, 0.15) is 79.9 Å². The molecule has 0 aliphatic heterocycles. The van der Waals surface area contributed by atoms with Gasteiger partial charge in [0.05, 0.1) is 16.2 Å². The zero-order valence-corrected chi connectivity index (χ0v) is 17.4. The van der Waals surface area contributed by atoms with E-state index in [1.54, 1.807) is 6.92 Å². The van der Waals surface area contributed by atoms with Crippen molar-refractivity contribution in [1.29, 1.82) is 0 Å². The van der Waals surface area contributed by atoms with Crippen LogP contribution in [0, 0.1) is 0 Å². The molecule has 0 amide bonds. The van der Waals surface area contributed by atoms with Gasteiger partial charge in [0.1, 0.15) is 0 Å². The summed E-state index contributed by atoms with van der Waals surface area (Å²) in [6.07, 6.45) is 11.9. The summed E-state index contributed by atoms with van der Waals surface area (Å²) >= 11 is 6.90. The third-order valence-corrected chi connectivity index (χ3v) is 6.52. The number of carbonyl (C=O) groups is 1. The Hall–Kier alpha value is -1.93. The number of fused-ring (bicyclic) bond motifs is 6. The second-order valence-corrected chi connectivity index (χ2v) is 8.48. The third-order valence-electron chi connectivity index (χ3n) is 6.08. The molecule has 1 aliphatic carbocycles. The van der Waals surface area contributed by atoms with Crippen molar-refractivity contribution >= 4 is 39.1 Å². The van der Waals surface area contributed by atoms with E-state index in [9.17, 15) is 4.79 Å². The Morgan fingerprint density at radius 3 is 2.14 bits per heavy atom. The molecule has 1 heterocycles. The quantitative estimate of drug-likeness (QED) is 0.317. The van der Waals surface area contributed by atoms with E-state index in [1.165, 1.54) is 44.1 Å². The number of pyridine rings is 1. The van der Waals surface area contributed by atoms with E-state index in [2.05, 4.69) is 6.07 Å². The van der Waals surface area contributed by atoms with Crippen LogP contribution in [0.2, 0.25) is 5.02 Å². The summed E-state index contributed by atoms with van der Waals surface area (Å²) in [5.74, 6) is 0.0927. The lowest BCUT2D eigenvalue weighted by atomic mass is 9.93. The minimum absolute atomic E-state index is 0.0927. The zero-order chi connectivity index (χ0) is 19.5.